The van der Waals surface area contributed by atoms with E-state index in [1.807, 2.05) is 6.92 Å². The van der Waals surface area contributed by atoms with Crippen LogP contribution in [0, 0.1) is 20.8 Å². The summed E-state index contributed by atoms with van der Waals surface area (Å²) in [6.45, 7) is 5.08. The van der Waals surface area contributed by atoms with E-state index in [1.54, 1.807) is 19.9 Å². The van der Waals surface area contributed by atoms with Crippen molar-refractivity contribution in [1.82, 2.24) is 0 Å². The van der Waals surface area contributed by atoms with Gasteiger partial charge in [-0.05, 0) is 43.0 Å². The van der Waals surface area contributed by atoms with Gasteiger partial charge in [-0.3, -0.25) is 0 Å². The summed E-state index contributed by atoms with van der Waals surface area (Å²) >= 11 is 0. The molecule has 2 N–H and O–H groups in total. The Kier molecular flexibility index (Phi) is 3.52. The fraction of sp³-hybridized carbons (Fsp3) is 0.417. The molecule has 94 valence electrons. The van der Waals surface area contributed by atoms with E-state index in [1.165, 1.54) is 6.07 Å². The zero-order chi connectivity index (χ0) is 13.4. The van der Waals surface area contributed by atoms with E-state index in [-0.39, 0.29) is 5.56 Å². The SMILES string of the molecule is Cc1cc(C)c(C(O)C(F)(F)C(=O)O)cc1C. The van der Waals surface area contributed by atoms with Crippen LogP contribution < -0.4 is 0 Å². The lowest BCUT2D eigenvalue weighted by molar-refractivity contribution is -0.183. The molecule has 1 unspecified atom stereocenters. The van der Waals surface area contributed by atoms with Crippen molar-refractivity contribution in [3.05, 3.63) is 34.4 Å². The highest BCUT2D eigenvalue weighted by Gasteiger charge is 2.48. The van der Waals surface area contributed by atoms with Crippen LogP contribution in [-0.4, -0.2) is 22.1 Å². The van der Waals surface area contributed by atoms with Crippen LogP contribution in [0.15, 0.2) is 12.1 Å². The molecular weight excluding hydrogens is 230 g/mol. The van der Waals surface area contributed by atoms with Gasteiger partial charge in [0, 0.05) is 0 Å². The highest BCUT2D eigenvalue weighted by Crippen LogP contribution is 2.34. The van der Waals surface area contributed by atoms with Gasteiger partial charge in [-0.15, -0.1) is 0 Å². The average Bonchev–Trinajstić information content (AvgIpc) is 2.22. The molecule has 0 aliphatic heterocycles. The first-order valence-corrected chi connectivity index (χ1v) is 5.05. The van der Waals surface area contributed by atoms with Crippen LogP contribution in [-0.2, 0) is 4.79 Å². The summed E-state index contributed by atoms with van der Waals surface area (Å²) in [6, 6.07) is 3.04. The second kappa shape index (κ2) is 4.41. The van der Waals surface area contributed by atoms with Gasteiger partial charge in [0.2, 0.25) is 0 Å². The van der Waals surface area contributed by atoms with Crippen LogP contribution in [0.3, 0.4) is 0 Å². The topological polar surface area (TPSA) is 57.5 Å². The third-order valence-electron chi connectivity index (χ3n) is 2.81. The summed E-state index contributed by atoms with van der Waals surface area (Å²) in [5.41, 5.74) is 2.02. The highest BCUT2D eigenvalue weighted by molar-refractivity contribution is 5.76. The predicted molar refractivity (Wildman–Crippen MR) is 58.2 cm³/mol. The van der Waals surface area contributed by atoms with E-state index >= 15 is 0 Å². The number of alkyl halides is 2. The first-order valence-electron chi connectivity index (χ1n) is 5.05. The molecule has 17 heavy (non-hydrogen) atoms. The molecule has 3 nitrogen and oxygen atoms in total. The number of rotatable bonds is 3. The van der Waals surface area contributed by atoms with Crippen molar-refractivity contribution in [2.75, 3.05) is 0 Å². The maximum atomic E-state index is 13.2. The molecule has 5 heteroatoms. The molecule has 0 radical (unpaired) electrons. The van der Waals surface area contributed by atoms with Crippen LogP contribution in [0.1, 0.15) is 28.4 Å². The molecular formula is C12H14F2O3. The van der Waals surface area contributed by atoms with Crippen LogP contribution in [0.5, 0.6) is 0 Å². The van der Waals surface area contributed by atoms with Gasteiger partial charge >= 0.3 is 11.9 Å². The Morgan fingerprint density at radius 1 is 1.18 bits per heavy atom. The molecule has 0 bridgehead atoms. The third kappa shape index (κ3) is 2.44. The maximum Gasteiger partial charge on any atom is 0.377 e. The number of halogens is 2. The van der Waals surface area contributed by atoms with Crippen molar-refractivity contribution in [2.24, 2.45) is 0 Å². The molecule has 0 amide bonds. The molecule has 0 heterocycles. The minimum atomic E-state index is -4.19. The standard InChI is InChI=1S/C12H14F2O3/c1-6-4-8(3)9(5-7(6)2)10(15)12(13,14)11(16)17/h4-5,10,15H,1-3H3,(H,16,17). The Balaban J connectivity index is 3.26. The van der Waals surface area contributed by atoms with Crippen LogP contribution in [0.25, 0.3) is 0 Å². The molecule has 1 rings (SSSR count). The molecule has 0 spiro atoms. The lowest BCUT2D eigenvalue weighted by atomic mass is 9.94. The summed E-state index contributed by atoms with van der Waals surface area (Å²) in [4.78, 5) is 10.4. The van der Waals surface area contributed by atoms with Gasteiger partial charge < -0.3 is 10.2 Å². The van der Waals surface area contributed by atoms with E-state index in [0.717, 1.165) is 11.1 Å². The number of hydrogen-bond donors (Lipinski definition) is 2. The fourth-order valence-electron chi connectivity index (χ4n) is 1.59. The monoisotopic (exact) mass is 244 g/mol. The Bertz CT molecular complexity index is 455. The zero-order valence-electron chi connectivity index (χ0n) is 9.79. The third-order valence-corrected chi connectivity index (χ3v) is 2.81. The number of hydrogen-bond acceptors (Lipinski definition) is 2. The fourth-order valence-corrected chi connectivity index (χ4v) is 1.59. The van der Waals surface area contributed by atoms with Crippen LogP contribution >= 0.6 is 0 Å². The second-order valence-electron chi connectivity index (χ2n) is 4.12. The number of aliphatic hydroxyl groups excluding tert-OH is 1. The zero-order valence-corrected chi connectivity index (χ0v) is 9.79. The van der Waals surface area contributed by atoms with Crippen molar-refractivity contribution in [3.63, 3.8) is 0 Å². The van der Waals surface area contributed by atoms with Crippen molar-refractivity contribution in [3.8, 4) is 0 Å². The molecule has 0 saturated carbocycles. The minimum Gasteiger partial charge on any atom is -0.477 e. The van der Waals surface area contributed by atoms with Gasteiger partial charge in [-0.25, -0.2) is 4.79 Å². The molecule has 0 aromatic heterocycles. The van der Waals surface area contributed by atoms with Crippen LogP contribution in [0.2, 0.25) is 0 Å². The summed E-state index contributed by atoms with van der Waals surface area (Å²) < 4.78 is 26.4. The average molecular weight is 244 g/mol. The highest BCUT2D eigenvalue weighted by atomic mass is 19.3. The van der Waals surface area contributed by atoms with Gasteiger partial charge in [0.15, 0.2) is 6.10 Å². The van der Waals surface area contributed by atoms with Crippen molar-refractivity contribution < 1.29 is 23.8 Å². The Morgan fingerprint density at radius 3 is 2.12 bits per heavy atom. The number of carboxylic acid groups (broad SMARTS) is 1. The van der Waals surface area contributed by atoms with Gasteiger partial charge in [0.05, 0.1) is 0 Å². The van der Waals surface area contributed by atoms with Crippen molar-refractivity contribution >= 4 is 5.97 Å². The molecule has 0 aliphatic rings. The lowest BCUT2D eigenvalue weighted by Crippen LogP contribution is -2.35. The number of aliphatic hydroxyl groups is 1. The van der Waals surface area contributed by atoms with Gasteiger partial charge in [0.1, 0.15) is 0 Å². The van der Waals surface area contributed by atoms with Gasteiger partial charge in [0.25, 0.3) is 0 Å². The summed E-state index contributed by atoms with van der Waals surface area (Å²) in [5, 5.41) is 17.9. The Labute approximate surface area is 97.7 Å². The minimum absolute atomic E-state index is 0.0551. The first-order chi connectivity index (χ1) is 7.67. The molecule has 1 aromatic rings. The summed E-state index contributed by atoms with van der Waals surface area (Å²) in [6.07, 6.45) is -2.33. The van der Waals surface area contributed by atoms with E-state index in [9.17, 15) is 18.7 Å². The Morgan fingerprint density at radius 2 is 1.65 bits per heavy atom. The van der Waals surface area contributed by atoms with Crippen LogP contribution in [0.4, 0.5) is 8.78 Å². The number of carbonyl (C=O) groups is 1. The number of benzene rings is 1. The van der Waals surface area contributed by atoms with Gasteiger partial charge in [-0.2, -0.15) is 8.78 Å². The molecule has 1 aromatic carbocycles. The number of aliphatic carboxylic acids is 1. The normalized spacial score (nSPS) is 13.5. The molecule has 1 atom stereocenters. The number of aryl methyl sites for hydroxylation is 3. The molecule has 0 saturated heterocycles. The van der Waals surface area contributed by atoms with Gasteiger partial charge in [-0.1, -0.05) is 12.1 Å². The van der Waals surface area contributed by atoms with E-state index in [4.69, 9.17) is 5.11 Å². The smallest absolute Gasteiger partial charge is 0.377 e. The quantitative estimate of drug-likeness (QED) is 0.858. The largest absolute Gasteiger partial charge is 0.477 e. The first kappa shape index (κ1) is 13.6. The molecule has 0 aliphatic carbocycles. The number of carboxylic acids is 1. The van der Waals surface area contributed by atoms with E-state index in [0.29, 0.717) is 5.56 Å². The summed E-state index contributed by atoms with van der Waals surface area (Å²) in [7, 11) is 0. The molecule has 0 fully saturated rings. The summed E-state index contributed by atoms with van der Waals surface area (Å²) in [5.74, 6) is -6.52. The van der Waals surface area contributed by atoms with E-state index in [2.05, 4.69) is 0 Å². The van der Waals surface area contributed by atoms with Crippen molar-refractivity contribution in [2.45, 2.75) is 32.8 Å². The maximum absolute atomic E-state index is 13.2. The lowest BCUT2D eigenvalue weighted by Gasteiger charge is -2.21. The van der Waals surface area contributed by atoms with Crippen molar-refractivity contribution in [1.29, 1.82) is 0 Å². The Hall–Kier alpha value is -1.49. The van der Waals surface area contributed by atoms with E-state index < -0.39 is 18.0 Å². The predicted octanol–water partition coefficient (Wildman–Crippen LogP) is 2.37. The second-order valence-corrected chi connectivity index (χ2v) is 4.12.